The fourth-order valence-electron chi connectivity index (χ4n) is 2.18. The van der Waals surface area contributed by atoms with Crippen molar-refractivity contribution in [3.63, 3.8) is 0 Å². The van der Waals surface area contributed by atoms with Crippen molar-refractivity contribution < 1.29 is 14.3 Å². The molecule has 2 rings (SSSR count). The van der Waals surface area contributed by atoms with E-state index in [1.54, 1.807) is 11.9 Å². The third-order valence-electron chi connectivity index (χ3n) is 3.35. The van der Waals surface area contributed by atoms with Gasteiger partial charge in [0.25, 0.3) is 0 Å². The van der Waals surface area contributed by atoms with Crippen molar-refractivity contribution in [1.82, 2.24) is 15.1 Å². The van der Waals surface area contributed by atoms with Crippen molar-refractivity contribution >= 4 is 11.8 Å². The van der Waals surface area contributed by atoms with Crippen LogP contribution in [0.1, 0.15) is 19.8 Å². The van der Waals surface area contributed by atoms with Crippen molar-refractivity contribution in [3.05, 3.63) is 0 Å². The molecule has 2 fully saturated rings. The Hall–Kier alpha value is -1.14. The first-order valence-corrected chi connectivity index (χ1v) is 6.92. The highest BCUT2D eigenvalue weighted by molar-refractivity contribution is 5.81. The van der Waals surface area contributed by atoms with E-state index in [0.717, 1.165) is 12.8 Å². The first-order chi connectivity index (χ1) is 9.04. The fraction of sp³-hybridized carbons (Fsp3) is 0.846. The van der Waals surface area contributed by atoms with Crippen LogP contribution >= 0.6 is 0 Å². The van der Waals surface area contributed by atoms with Gasteiger partial charge in [-0.3, -0.25) is 14.5 Å². The molecule has 0 bridgehead atoms. The monoisotopic (exact) mass is 269 g/mol. The summed E-state index contributed by atoms with van der Waals surface area (Å²) in [6, 6.07) is 0.372. The van der Waals surface area contributed by atoms with Crippen molar-refractivity contribution in [2.24, 2.45) is 0 Å². The number of nitrogens with one attached hydrogen (secondary N) is 1. The van der Waals surface area contributed by atoms with Gasteiger partial charge in [0.05, 0.1) is 25.8 Å². The van der Waals surface area contributed by atoms with Crippen LogP contribution in [-0.2, 0) is 14.3 Å². The Morgan fingerprint density at radius 2 is 2.11 bits per heavy atom. The van der Waals surface area contributed by atoms with Crippen molar-refractivity contribution in [2.75, 3.05) is 39.8 Å². The average molecular weight is 269 g/mol. The Morgan fingerprint density at radius 1 is 1.37 bits per heavy atom. The maximum Gasteiger partial charge on any atom is 0.236 e. The summed E-state index contributed by atoms with van der Waals surface area (Å²) < 4.78 is 5.41. The minimum Gasteiger partial charge on any atom is -0.375 e. The van der Waals surface area contributed by atoms with E-state index < -0.39 is 0 Å². The lowest BCUT2D eigenvalue weighted by Crippen LogP contribution is -2.48. The van der Waals surface area contributed by atoms with Gasteiger partial charge in [-0.05, 0) is 26.8 Å². The van der Waals surface area contributed by atoms with E-state index in [4.69, 9.17) is 4.74 Å². The van der Waals surface area contributed by atoms with E-state index in [2.05, 4.69) is 5.32 Å². The minimum atomic E-state index is 0.00754. The first kappa shape index (κ1) is 14.3. The van der Waals surface area contributed by atoms with Crippen LogP contribution in [0.25, 0.3) is 0 Å². The Bertz CT molecular complexity index is 344. The molecule has 1 N–H and O–H groups in total. The van der Waals surface area contributed by atoms with Crippen molar-refractivity contribution in [2.45, 2.75) is 31.9 Å². The van der Waals surface area contributed by atoms with Crippen LogP contribution in [0.15, 0.2) is 0 Å². The van der Waals surface area contributed by atoms with Crippen LogP contribution in [-0.4, -0.2) is 73.6 Å². The van der Waals surface area contributed by atoms with Gasteiger partial charge in [-0.15, -0.1) is 0 Å². The molecule has 1 aliphatic carbocycles. The number of morpholine rings is 1. The van der Waals surface area contributed by atoms with Crippen LogP contribution in [0.5, 0.6) is 0 Å². The molecule has 0 unspecified atom stereocenters. The fourth-order valence-corrected chi connectivity index (χ4v) is 2.18. The minimum absolute atomic E-state index is 0.00754. The van der Waals surface area contributed by atoms with E-state index in [0.29, 0.717) is 25.7 Å². The van der Waals surface area contributed by atoms with Gasteiger partial charge in [0.1, 0.15) is 0 Å². The number of rotatable bonds is 5. The normalized spacial score (nSPS) is 23.5. The van der Waals surface area contributed by atoms with Gasteiger partial charge >= 0.3 is 0 Å². The second-order valence-electron chi connectivity index (χ2n) is 5.54. The zero-order chi connectivity index (χ0) is 13.8. The molecule has 6 heteroatoms. The number of ether oxygens (including phenoxy) is 1. The summed E-state index contributed by atoms with van der Waals surface area (Å²) in [6.45, 7) is 4.41. The van der Waals surface area contributed by atoms with Gasteiger partial charge in [-0.1, -0.05) is 0 Å². The highest BCUT2D eigenvalue weighted by Gasteiger charge is 2.25. The highest BCUT2D eigenvalue weighted by atomic mass is 16.5. The molecule has 0 radical (unpaired) electrons. The Labute approximate surface area is 114 Å². The van der Waals surface area contributed by atoms with Crippen LogP contribution in [0, 0.1) is 0 Å². The molecule has 0 spiro atoms. The molecule has 1 saturated carbocycles. The maximum atomic E-state index is 12.1. The summed E-state index contributed by atoms with van der Waals surface area (Å²) in [5.74, 6) is 0.0741. The molecule has 1 heterocycles. The topological polar surface area (TPSA) is 61.9 Å². The summed E-state index contributed by atoms with van der Waals surface area (Å²) in [6.07, 6.45) is 2.27. The molecule has 0 aromatic rings. The van der Waals surface area contributed by atoms with Gasteiger partial charge in [-0.25, -0.2) is 0 Å². The predicted molar refractivity (Wildman–Crippen MR) is 70.7 cm³/mol. The lowest BCUT2D eigenvalue weighted by molar-refractivity contribution is -0.139. The Balaban J connectivity index is 1.69. The van der Waals surface area contributed by atoms with Crippen LogP contribution in [0.4, 0.5) is 0 Å². The van der Waals surface area contributed by atoms with Crippen molar-refractivity contribution in [1.29, 1.82) is 0 Å². The zero-order valence-corrected chi connectivity index (χ0v) is 11.7. The molecule has 6 nitrogen and oxygen atoms in total. The summed E-state index contributed by atoms with van der Waals surface area (Å²) in [4.78, 5) is 27.3. The molecule has 1 atom stereocenters. The summed E-state index contributed by atoms with van der Waals surface area (Å²) in [5.41, 5.74) is 0. The predicted octanol–water partition coefficient (Wildman–Crippen LogP) is -0.556. The highest BCUT2D eigenvalue weighted by Crippen LogP contribution is 2.18. The number of carbonyl (C=O) groups excluding carboxylic acids is 2. The quantitative estimate of drug-likeness (QED) is 0.727. The molecule has 2 aliphatic rings. The molecule has 0 aromatic heterocycles. The van der Waals surface area contributed by atoms with E-state index in [9.17, 15) is 9.59 Å². The number of likely N-dealkylation sites (N-methyl/N-ethyl adjacent to an activating group) is 1. The molecular weight excluding hydrogens is 246 g/mol. The van der Waals surface area contributed by atoms with Gasteiger partial charge in [0, 0.05) is 19.1 Å². The number of carbonyl (C=O) groups is 2. The molecule has 2 amide bonds. The lowest BCUT2D eigenvalue weighted by atomic mass is 10.3. The number of hydrogen-bond donors (Lipinski definition) is 1. The van der Waals surface area contributed by atoms with Crippen LogP contribution < -0.4 is 5.32 Å². The molecule has 19 heavy (non-hydrogen) atoms. The second kappa shape index (κ2) is 6.34. The largest absolute Gasteiger partial charge is 0.375 e. The van der Waals surface area contributed by atoms with Gasteiger partial charge in [0.2, 0.25) is 11.8 Å². The first-order valence-electron chi connectivity index (χ1n) is 6.92. The zero-order valence-electron chi connectivity index (χ0n) is 11.7. The van der Waals surface area contributed by atoms with E-state index >= 15 is 0 Å². The summed E-state index contributed by atoms with van der Waals surface area (Å²) in [5, 5.41) is 2.92. The number of hydrogen-bond acceptors (Lipinski definition) is 4. The Kier molecular flexibility index (Phi) is 4.76. The van der Waals surface area contributed by atoms with E-state index in [1.807, 2.05) is 11.8 Å². The average Bonchev–Trinajstić information content (AvgIpc) is 3.12. The van der Waals surface area contributed by atoms with Crippen LogP contribution in [0.3, 0.4) is 0 Å². The molecular formula is C13H23N3O3. The maximum absolute atomic E-state index is 12.1. The van der Waals surface area contributed by atoms with Crippen LogP contribution in [0.2, 0.25) is 0 Å². The number of amides is 2. The second-order valence-corrected chi connectivity index (χ2v) is 5.54. The van der Waals surface area contributed by atoms with E-state index in [-0.39, 0.29) is 31.0 Å². The van der Waals surface area contributed by atoms with E-state index in [1.165, 1.54) is 0 Å². The third kappa shape index (κ3) is 4.80. The SMILES string of the molecule is C[C@H]1CN(C(=O)CN(C)CC(=O)NC2CC2)CCO1. The van der Waals surface area contributed by atoms with Crippen molar-refractivity contribution in [3.8, 4) is 0 Å². The summed E-state index contributed by atoms with van der Waals surface area (Å²) in [7, 11) is 1.80. The Morgan fingerprint density at radius 3 is 2.74 bits per heavy atom. The standard InChI is InChI=1S/C13H23N3O3/c1-10-7-16(5-6-19-10)13(18)9-15(2)8-12(17)14-11-3-4-11/h10-11H,3-9H2,1-2H3,(H,14,17)/t10-/m0/s1. The molecule has 1 saturated heterocycles. The molecule has 0 aromatic carbocycles. The lowest BCUT2D eigenvalue weighted by Gasteiger charge is -2.32. The smallest absolute Gasteiger partial charge is 0.236 e. The molecule has 108 valence electrons. The molecule has 1 aliphatic heterocycles. The van der Waals surface area contributed by atoms with Gasteiger partial charge < -0.3 is 15.0 Å². The van der Waals surface area contributed by atoms with Gasteiger partial charge in [-0.2, -0.15) is 0 Å². The number of nitrogens with zero attached hydrogens (tertiary/aromatic N) is 2. The third-order valence-corrected chi connectivity index (χ3v) is 3.35. The summed E-state index contributed by atoms with van der Waals surface area (Å²) >= 11 is 0. The van der Waals surface area contributed by atoms with Gasteiger partial charge in [0.15, 0.2) is 0 Å².